The Labute approximate surface area is 70.5 Å². The molecule has 0 amide bonds. The van der Waals surface area contributed by atoms with Gasteiger partial charge in [-0.3, -0.25) is 0 Å². The maximum atomic E-state index is 0. The molecule has 0 fully saturated rings. The van der Waals surface area contributed by atoms with Crippen molar-refractivity contribution in [1.29, 1.82) is 0 Å². The first kappa shape index (κ1) is 46.8. The van der Waals surface area contributed by atoms with Crippen molar-refractivity contribution in [1.82, 2.24) is 0 Å². The Bertz CT molecular complexity index is 3.25. The van der Waals surface area contributed by atoms with Gasteiger partial charge in [-0.15, -0.1) is 0 Å². The zero-order chi connectivity index (χ0) is 0. The molecule has 0 unspecified atom stereocenters. The fourth-order valence-electron chi connectivity index (χ4n) is 0. The van der Waals surface area contributed by atoms with Gasteiger partial charge in [0, 0.05) is 0 Å². The monoisotopic (exact) mass is 198 g/mol. The molecule has 0 aromatic heterocycles. The van der Waals surface area contributed by atoms with E-state index < -0.39 is 0 Å². The van der Waals surface area contributed by atoms with Crippen LogP contribution in [-0.4, -0.2) is 0 Å². The maximum Gasteiger partial charge on any atom is 3.00 e. The summed E-state index contributed by atoms with van der Waals surface area (Å²) in [5.74, 6) is 0. The second kappa shape index (κ2) is 23.5. The van der Waals surface area contributed by atoms with Crippen LogP contribution >= 0.6 is 0 Å². The van der Waals surface area contributed by atoms with E-state index in [1.165, 1.54) is 0 Å². The molecular weight excluding hydrogens is 188 g/mol. The van der Waals surface area contributed by atoms with Crippen LogP contribution in [0.4, 0.5) is 0 Å². The van der Waals surface area contributed by atoms with Crippen molar-refractivity contribution in [2.45, 2.75) is 0 Å². The minimum atomic E-state index is 0. The molecule has 28 valence electrons. The van der Waals surface area contributed by atoms with E-state index in [0.29, 0.717) is 0 Å². The molecule has 0 aliphatic carbocycles. The van der Waals surface area contributed by atoms with Gasteiger partial charge in [-0.1, -0.05) is 0 Å². The van der Waals surface area contributed by atoms with Crippen molar-refractivity contribution in [2.24, 2.45) is 0 Å². The summed E-state index contributed by atoms with van der Waals surface area (Å²) in [5, 5.41) is 0. The van der Waals surface area contributed by atoms with Crippen LogP contribution in [0.3, 0.4) is 0 Å². The zero-order valence-electron chi connectivity index (χ0n) is 3.38. The van der Waals surface area contributed by atoms with Crippen molar-refractivity contribution < 1.29 is 49.4 Å². The van der Waals surface area contributed by atoms with Crippen LogP contribution in [0, 0.1) is 71.7 Å². The average molecular weight is 197 g/mol. The van der Waals surface area contributed by atoms with Crippen LogP contribution in [0.2, 0.25) is 0 Å². The third-order valence-corrected chi connectivity index (χ3v) is 0. The van der Waals surface area contributed by atoms with Crippen LogP contribution in [0.15, 0.2) is 0 Å². The quantitative estimate of drug-likeness (QED) is 0.514. The van der Waals surface area contributed by atoms with E-state index in [4.69, 9.17) is 0 Å². The van der Waals surface area contributed by atoms with Gasteiger partial charge in [0.05, 0.1) is 0 Å². The first-order chi connectivity index (χ1) is 0. The Balaban J connectivity index is 0. The molecule has 0 spiro atoms. The number of rotatable bonds is 0. The molecule has 4 heavy (non-hydrogen) atoms. The Kier molecular flexibility index (Phi) is 274. The maximum absolute atomic E-state index is 0. The van der Waals surface area contributed by atoms with Gasteiger partial charge in [0.1, 0.15) is 0 Å². The Morgan fingerprint density at radius 1 is 0.500 bits per heavy atom. The van der Waals surface area contributed by atoms with Gasteiger partial charge >= 0.3 is 49.4 Å². The summed E-state index contributed by atoms with van der Waals surface area (Å²) >= 11 is 0. The molecule has 0 saturated heterocycles. The number of hydrogen-bond acceptors (Lipinski definition) is 0. The van der Waals surface area contributed by atoms with Crippen molar-refractivity contribution >= 4 is 0 Å². The molecule has 0 N–H and O–H groups in total. The minimum absolute atomic E-state index is 0. The molecule has 0 bridgehead atoms. The van der Waals surface area contributed by atoms with E-state index in [1.54, 1.807) is 0 Å². The second-order valence-corrected chi connectivity index (χ2v) is 0. The molecular formula is C3H9Eu. The molecule has 1 heteroatoms. The summed E-state index contributed by atoms with van der Waals surface area (Å²) in [4.78, 5) is 0. The molecule has 0 rings (SSSR count). The summed E-state index contributed by atoms with van der Waals surface area (Å²) in [7, 11) is 0. The van der Waals surface area contributed by atoms with Crippen LogP contribution in [0.5, 0.6) is 0 Å². The molecule has 0 aliphatic rings. The third-order valence-electron chi connectivity index (χ3n) is 0. The Morgan fingerprint density at radius 2 is 0.500 bits per heavy atom. The predicted molar refractivity (Wildman–Crippen MR) is 19.2 cm³/mol. The van der Waals surface area contributed by atoms with Gasteiger partial charge in [0.2, 0.25) is 0 Å². The summed E-state index contributed by atoms with van der Waals surface area (Å²) in [6.45, 7) is 0. The molecule has 0 atom stereocenters. The standard InChI is InChI=1S/3CH3.Eu/h3*1H3;/q3*-1;+3. The van der Waals surface area contributed by atoms with E-state index in [9.17, 15) is 0 Å². The molecule has 0 saturated carbocycles. The second-order valence-electron chi connectivity index (χ2n) is 0. The Hall–Kier alpha value is 1.58. The largest absolute Gasteiger partial charge is 3.00 e. The molecule has 0 aromatic carbocycles. The van der Waals surface area contributed by atoms with Gasteiger partial charge in [-0.25, -0.2) is 0 Å². The minimum Gasteiger partial charge on any atom is -0.358 e. The molecule has 0 aliphatic heterocycles. The van der Waals surface area contributed by atoms with Gasteiger partial charge in [0.25, 0.3) is 0 Å². The van der Waals surface area contributed by atoms with E-state index in [2.05, 4.69) is 0 Å². The van der Waals surface area contributed by atoms with E-state index in [-0.39, 0.29) is 71.7 Å². The van der Waals surface area contributed by atoms with Gasteiger partial charge < -0.3 is 22.3 Å². The average Bonchev–Trinajstić information content (AvgIpc) is 0. The third kappa shape index (κ3) is 9.54. The predicted octanol–water partition coefficient (Wildman–Crippen LogP) is 1.35. The normalized spacial score (nSPS) is 0. The fraction of sp³-hybridized carbons (Fsp3) is 0. The molecule has 0 heterocycles. The first-order valence-electron chi connectivity index (χ1n) is 0. The Morgan fingerprint density at radius 3 is 0.500 bits per heavy atom. The first-order valence-corrected chi connectivity index (χ1v) is 0. The van der Waals surface area contributed by atoms with Crippen molar-refractivity contribution in [2.75, 3.05) is 0 Å². The van der Waals surface area contributed by atoms with Crippen LogP contribution in [-0.2, 0) is 0 Å². The van der Waals surface area contributed by atoms with Crippen LogP contribution < -0.4 is 0 Å². The van der Waals surface area contributed by atoms with Gasteiger partial charge in [-0.05, 0) is 0 Å². The van der Waals surface area contributed by atoms with Crippen molar-refractivity contribution in [3.8, 4) is 0 Å². The smallest absolute Gasteiger partial charge is 0.358 e. The van der Waals surface area contributed by atoms with Crippen molar-refractivity contribution in [3.63, 3.8) is 0 Å². The molecule has 0 aromatic rings. The van der Waals surface area contributed by atoms with Crippen LogP contribution in [0.25, 0.3) is 0 Å². The SMILES string of the molecule is [CH3-].[CH3-].[CH3-].[Eu+3]. The zero-order valence-corrected chi connectivity index (χ0v) is 5.80. The molecule has 0 nitrogen and oxygen atoms in total. The number of hydrogen-bond donors (Lipinski definition) is 0. The van der Waals surface area contributed by atoms with E-state index >= 15 is 0 Å². The topological polar surface area (TPSA) is 0 Å². The summed E-state index contributed by atoms with van der Waals surface area (Å²) < 4.78 is 0. The summed E-state index contributed by atoms with van der Waals surface area (Å²) in [5.41, 5.74) is 0. The summed E-state index contributed by atoms with van der Waals surface area (Å²) in [6, 6.07) is 0. The van der Waals surface area contributed by atoms with E-state index in [0.717, 1.165) is 0 Å². The van der Waals surface area contributed by atoms with Crippen molar-refractivity contribution in [3.05, 3.63) is 22.3 Å². The van der Waals surface area contributed by atoms with Gasteiger partial charge in [0.15, 0.2) is 0 Å². The van der Waals surface area contributed by atoms with Crippen LogP contribution in [0.1, 0.15) is 0 Å². The summed E-state index contributed by atoms with van der Waals surface area (Å²) in [6.07, 6.45) is 0. The van der Waals surface area contributed by atoms with E-state index in [1.807, 2.05) is 0 Å². The van der Waals surface area contributed by atoms with Gasteiger partial charge in [-0.2, -0.15) is 0 Å². The molecule has 0 radical (unpaired) electrons. The fourth-order valence-corrected chi connectivity index (χ4v) is 0.